The molecule has 0 radical (unpaired) electrons. The number of rotatable bonds is 3. The first-order chi connectivity index (χ1) is 12.5. The van der Waals surface area contributed by atoms with Gasteiger partial charge in [0.15, 0.2) is 5.69 Å². The number of nitrogens with zero attached hydrogens (tertiary/aromatic N) is 4. The largest absolute Gasteiger partial charge is 0.396 e. The van der Waals surface area contributed by atoms with E-state index in [9.17, 15) is 4.79 Å². The number of aromatic nitrogens is 5. The lowest BCUT2D eigenvalue weighted by Crippen LogP contribution is -2.17. The fourth-order valence-electron chi connectivity index (χ4n) is 3.12. The summed E-state index contributed by atoms with van der Waals surface area (Å²) in [4.78, 5) is 16.3. The second-order valence-corrected chi connectivity index (χ2v) is 6.14. The number of fused-ring (bicyclic) bond motifs is 1. The van der Waals surface area contributed by atoms with Crippen molar-refractivity contribution in [1.29, 1.82) is 0 Å². The van der Waals surface area contributed by atoms with E-state index in [4.69, 9.17) is 11.5 Å². The number of nitrogen functional groups attached to an aromatic ring is 1. The van der Waals surface area contributed by atoms with Crippen LogP contribution < -0.4 is 11.5 Å². The van der Waals surface area contributed by atoms with Crippen LogP contribution in [-0.4, -0.2) is 30.9 Å². The molecular weight excluding hydrogens is 330 g/mol. The van der Waals surface area contributed by atoms with Crippen LogP contribution in [0.25, 0.3) is 33.4 Å². The van der Waals surface area contributed by atoms with Gasteiger partial charge in [0.05, 0.1) is 23.1 Å². The molecule has 1 amide bonds. The van der Waals surface area contributed by atoms with Crippen LogP contribution in [-0.2, 0) is 7.05 Å². The summed E-state index contributed by atoms with van der Waals surface area (Å²) in [5, 5.41) is 12.3. The molecule has 0 saturated heterocycles. The minimum atomic E-state index is -0.682. The molecule has 26 heavy (non-hydrogen) atoms. The van der Waals surface area contributed by atoms with Gasteiger partial charge in [-0.3, -0.25) is 14.6 Å². The van der Waals surface area contributed by atoms with Crippen molar-refractivity contribution in [3.8, 4) is 22.5 Å². The Hall–Kier alpha value is -3.68. The summed E-state index contributed by atoms with van der Waals surface area (Å²) in [5.41, 5.74) is 16.7. The van der Waals surface area contributed by atoms with Gasteiger partial charge in [-0.1, -0.05) is 6.07 Å². The first-order valence-electron chi connectivity index (χ1n) is 7.99. The lowest BCUT2D eigenvalue weighted by Gasteiger charge is -2.14. The molecule has 0 aliphatic rings. The molecule has 0 saturated carbocycles. The second kappa shape index (κ2) is 5.69. The first-order valence-corrected chi connectivity index (χ1v) is 7.99. The Balaban J connectivity index is 2.07. The number of pyridine rings is 1. The Morgan fingerprint density at radius 1 is 1.23 bits per heavy atom. The van der Waals surface area contributed by atoms with Crippen LogP contribution in [0.15, 0.2) is 36.7 Å². The average molecular weight is 347 g/mol. The van der Waals surface area contributed by atoms with Crippen LogP contribution in [0.3, 0.4) is 0 Å². The highest BCUT2D eigenvalue weighted by atomic mass is 16.1. The number of aromatic amines is 1. The quantitative estimate of drug-likeness (QED) is 0.522. The van der Waals surface area contributed by atoms with Crippen molar-refractivity contribution in [2.45, 2.75) is 6.92 Å². The van der Waals surface area contributed by atoms with Gasteiger partial charge in [-0.05, 0) is 36.2 Å². The average Bonchev–Trinajstić information content (AvgIpc) is 3.24. The Morgan fingerprint density at radius 3 is 2.73 bits per heavy atom. The van der Waals surface area contributed by atoms with Crippen LogP contribution in [0.4, 0.5) is 5.69 Å². The molecule has 0 aliphatic heterocycles. The van der Waals surface area contributed by atoms with Gasteiger partial charge in [-0.15, -0.1) is 0 Å². The standard InChI is InChI=1S/C18H17N7O/c1-9-3-4-12-11(8-21-23-12)15(9)10-7-14(13-5-6-25(2)24-13)22-17(16(10)19)18(20)26/h3-8H,19H2,1-2H3,(H2,20,26)(H,21,23). The number of carbonyl (C=O) groups excluding carboxylic acids is 1. The Morgan fingerprint density at radius 2 is 2.04 bits per heavy atom. The van der Waals surface area contributed by atoms with Gasteiger partial charge in [-0.25, -0.2) is 4.98 Å². The maximum Gasteiger partial charge on any atom is 0.269 e. The highest BCUT2D eigenvalue weighted by Gasteiger charge is 2.20. The summed E-state index contributed by atoms with van der Waals surface area (Å²) in [5.74, 6) is -0.682. The van der Waals surface area contributed by atoms with E-state index >= 15 is 0 Å². The number of hydrogen-bond donors (Lipinski definition) is 3. The fourth-order valence-corrected chi connectivity index (χ4v) is 3.12. The third-order valence-corrected chi connectivity index (χ3v) is 4.37. The van der Waals surface area contributed by atoms with Crippen molar-refractivity contribution in [3.63, 3.8) is 0 Å². The minimum Gasteiger partial charge on any atom is -0.396 e. The number of nitrogens with one attached hydrogen (secondary N) is 1. The molecule has 0 unspecified atom stereocenters. The number of H-pyrrole nitrogens is 1. The molecule has 4 aromatic rings. The van der Waals surface area contributed by atoms with E-state index in [1.54, 1.807) is 17.1 Å². The molecule has 0 atom stereocenters. The number of benzene rings is 1. The number of carbonyl (C=O) groups is 1. The van der Waals surface area contributed by atoms with Crippen molar-refractivity contribution < 1.29 is 4.79 Å². The van der Waals surface area contributed by atoms with E-state index in [-0.39, 0.29) is 11.4 Å². The van der Waals surface area contributed by atoms with Gasteiger partial charge in [0.25, 0.3) is 5.91 Å². The SMILES string of the molecule is Cc1ccc2[nH]ncc2c1-c1cc(-c2ccn(C)n2)nc(C(N)=O)c1N. The maximum atomic E-state index is 11.9. The van der Waals surface area contributed by atoms with E-state index < -0.39 is 5.91 Å². The number of nitrogens with two attached hydrogens (primary N) is 2. The molecule has 0 spiro atoms. The summed E-state index contributed by atoms with van der Waals surface area (Å²) in [6, 6.07) is 7.57. The molecule has 1 aromatic carbocycles. The zero-order chi connectivity index (χ0) is 18.4. The molecule has 5 N–H and O–H groups in total. The molecule has 3 aromatic heterocycles. The van der Waals surface area contributed by atoms with E-state index in [0.717, 1.165) is 22.0 Å². The summed E-state index contributed by atoms with van der Waals surface area (Å²) in [6.07, 6.45) is 3.54. The summed E-state index contributed by atoms with van der Waals surface area (Å²) in [7, 11) is 1.81. The van der Waals surface area contributed by atoms with Gasteiger partial charge in [0.2, 0.25) is 0 Å². The number of primary amides is 1. The third kappa shape index (κ3) is 2.39. The van der Waals surface area contributed by atoms with Crippen molar-refractivity contribution in [2.75, 3.05) is 5.73 Å². The molecular formula is C18H17N7O. The summed E-state index contributed by atoms with van der Waals surface area (Å²) in [6.45, 7) is 1.98. The monoisotopic (exact) mass is 347 g/mol. The lowest BCUT2D eigenvalue weighted by molar-refractivity contribution is 0.0996. The molecule has 0 aliphatic carbocycles. The van der Waals surface area contributed by atoms with Crippen molar-refractivity contribution in [1.82, 2.24) is 25.0 Å². The van der Waals surface area contributed by atoms with Crippen LogP contribution in [0.5, 0.6) is 0 Å². The smallest absolute Gasteiger partial charge is 0.269 e. The number of aryl methyl sites for hydroxylation is 2. The zero-order valence-corrected chi connectivity index (χ0v) is 14.3. The highest BCUT2D eigenvalue weighted by molar-refractivity contribution is 6.05. The summed E-state index contributed by atoms with van der Waals surface area (Å²) >= 11 is 0. The third-order valence-electron chi connectivity index (χ3n) is 4.37. The number of amides is 1. The van der Waals surface area contributed by atoms with Crippen molar-refractivity contribution in [3.05, 3.63) is 47.9 Å². The predicted molar refractivity (Wildman–Crippen MR) is 99.2 cm³/mol. The van der Waals surface area contributed by atoms with Gasteiger partial charge >= 0.3 is 0 Å². The molecule has 3 heterocycles. The van der Waals surface area contributed by atoms with Crippen LogP contribution >= 0.6 is 0 Å². The van der Waals surface area contributed by atoms with Gasteiger partial charge in [0, 0.05) is 24.2 Å². The topological polar surface area (TPSA) is 128 Å². The molecule has 8 nitrogen and oxygen atoms in total. The lowest BCUT2D eigenvalue weighted by atomic mass is 9.94. The normalized spacial score (nSPS) is 11.2. The molecule has 4 rings (SSSR count). The van der Waals surface area contributed by atoms with Crippen LogP contribution in [0.2, 0.25) is 0 Å². The first kappa shape index (κ1) is 15.8. The Bertz CT molecular complexity index is 1160. The van der Waals surface area contributed by atoms with Gasteiger partial charge < -0.3 is 11.5 Å². The van der Waals surface area contributed by atoms with E-state index in [2.05, 4.69) is 20.3 Å². The van der Waals surface area contributed by atoms with Crippen LogP contribution in [0.1, 0.15) is 16.1 Å². The van der Waals surface area contributed by atoms with Gasteiger partial charge in [0.1, 0.15) is 5.69 Å². The minimum absolute atomic E-state index is 0.0306. The van der Waals surface area contributed by atoms with Crippen molar-refractivity contribution >= 4 is 22.5 Å². The summed E-state index contributed by atoms with van der Waals surface area (Å²) < 4.78 is 1.67. The molecule has 8 heteroatoms. The van der Waals surface area contributed by atoms with Crippen LogP contribution in [0, 0.1) is 6.92 Å². The van der Waals surface area contributed by atoms with E-state index in [0.29, 0.717) is 17.0 Å². The van der Waals surface area contributed by atoms with Gasteiger partial charge in [-0.2, -0.15) is 10.2 Å². The highest BCUT2D eigenvalue weighted by Crippen LogP contribution is 2.37. The van der Waals surface area contributed by atoms with Crippen molar-refractivity contribution in [2.24, 2.45) is 12.8 Å². The Kier molecular flexibility index (Phi) is 3.47. The maximum absolute atomic E-state index is 11.9. The predicted octanol–water partition coefficient (Wildman–Crippen LogP) is 2.01. The molecule has 130 valence electrons. The Labute approximate surface area is 148 Å². The van der Waals surface area contributed by atoms with E-state index in [1.165, 1.54) is 0 Å². The molecule has 0 fully saturated rings. The fraction of sp³-hybridized carbons (Fsp3) is 0.111. The van der Waals surface area contributed by atoms with E-state index in [1.807, 2.05) is 38.2 Å². The number of anilines is 1. The molecule has 0 bridgehead atoms. The number of hydrogen-bond acceptors (Lipinski definition) is 5. The second-order valence-electron chi connectivity index (χ2n) is 6.14. The zero-order valence-electron chi connectivity index (χ0n) is 14.3.